The van der Waals surface area contributed by atoms with Crippen LogP contribution in [0.4, 0.5) is 0 Å². The van der Waals surface area contributed by atoms with E-state index in [1.807, 2.05) is 0 Å². The minimum Gasteiger partial charge on any atom is -0.388 e. The molecule has 0 aliphatic carbocycles. The molecule has 0 saturated carbocycles. The van der Waals surface area contributed by atoms with E-state index in [0.29, 0.717) is 0 Å². The molecule has 0 fully saturated rings. The van der Waals surface area contributed by atoms with Crippen LogP contribution in [0.2, 0.25) is 0 Å². The van der Waals surface area contributed by atoms with Gasteiger partial charge in [-0.2, -0.15) is 0 Å². The highest BCUT2D eigenvalue weighted by molar-refractivity contribution is 8.06. The number of hydrogen-bond acceptors (Lipinski definition) is 6. The van der Waals surface area contributed by atoms with Crippen molar-refractivity contribution in [2.24, 2.45) is 0 Å². The van der Waals surface area contributed by atoms with Crippen LogP contribution in [0.1, 0.15) is 0 Å². The Morgan fingerprint density at radius 1 is 1.36 bits per heavy atom. The molecule has 3 atom stereocenters. The molecule has 0 radical (unpaired) electrons. The van der Waals surface area contributed by atoms with E-state index >= 15 is 0 Å². The van der Waals surface area contributed by atoms with Crippen molar-refractivity contribution in [3.63, 3.8) is 0 Å². The van der Waals surface area contributed by atoms with E-state index in [1.165, 1.54) is 0 Å². The molecule has 0 aromatic heterocycles. The third kappa shape index (κ3) is 5.74. The van der Waals surface area contributed by atoms with Crippen LogP contribution in [0, 0.1) is 0 Å². The maximum Gasteiger partial charge on any atom is 0.321 e. The monoisotopic (exact) mass is 246 g/mol. The van der Waals surface area contributed by atoms with Crippen molar-refractivity contribution < 1.29 is 34.4 Å². The first-order chi connectivity index (χ1) is 6.28. The third-order valence-corrected chi connectivity index (χ3v) is 2.10. The molecule has 0 bridgehead atoms. The van der Waals surface area contributed by atoms with Crippen LogP contribution in [-0.4, -0.2) is 56.3 Å². The molecular formula is C5H11O7PS. The number of rotatable bonds is 6. The molecule has 0 aromatic rings. The predicted octanol–water partition coefficient (Wildman–Crippen LogP) is -2.51. The number of carbonyl (C=O) groups is 1. The van der Waals surface area contributed by atoms with E-state index in [1.54, 1.807) is 0 Å². The van der Waals surface area contributed by atoms with Gasteiger partial charge in [-0.05, 0) is 11.8 Å². The molecule has 5 N–H and O–H groups in total. The lowest BCUT2D eigenvalue weighted by molar-refractivity contribution is -0.127. The summed E-state index contributed by atoms with van der Waals surface area (Å²) in [6.07, 6.45) is -5.11. The quantitative estimate of drug-likeness (QED) is 0.257. The Morgan fingerprint density at radius 2 is 1.86 bits per heavy atom. The van der Waals surface area contributed by atoms with Gasteiger partial charge in [0.1, 0.15) is 18.3 Å². The maximum atomic E-state index is 9.98. The SMILES string of the molecule is O=C[C@H](O)[C@H](O)[C@H](O)COP(O)(O)=S. The summed E-state index contributed by atoms with van der Waals surface area (Å²) in [6, 6.07) is 0. The summed E-state index contributed by atoms with van der Waals surface area (Å²) >= 11 is 4.06. The zero-order valence-corrected chi connectivity index (χ0v) is 8.64. The fourth-order valence-electron chi connectivity index (χ4n) is 0.580. The second-order valence-electron chi connectivity index (χ2n) is 2.47. The molecule has 0 saturated heterocycles. The Kier molecular flexibility index (Phi) is 5.87. The van der Waals surface area contributed by atoms with Gasteiger partial charge in [0.05, 0.1) is 6.61 Å². The van der Waals surface area contributed by atoms with Crippen molar-refractivity contribution in [2.75, 3.05) is 6.61 Å². The van der Waals surface area contributed by atoms with E-state index in [-0.39, 0.29) is 6.29 Å². The zero-order valence-electron chi connectivity index (χ0n) is 6.92. The van der Waals surface area contributed by atoms with Crippen LogP contribution in [-0.2, 0) is 21.1 Å². The van der Waals surface area contributed by atoms with Gasteiger partial charge in [0.2, 0.25) is 0 Å². The Labute approximate surface area is 84.8 Å². The van der Waals surface area contributed by atoms with Crippen molar-refractivity contribution in [3.8, 4) is 0 Å². The van der Waals surface area contributed by atoms with Gasteiger partial charge in [0.15, 0.2) is 6.29 Å². The maximum absolute atomic E-state index is 9.98. The minimum absolute atomic E-state index is 0.0296. The van der Waals surface area contributed by atoms with E-state index in [4.69, 9.17) is 25.1 Å². The molecule has 0 rings (SSSR count). The summed E-state index contributed by atoms with van der Waals surface area (Å²) in [5.74, 6) is 0. The van der Waals surface area contributed by atoms with Crippen molar-refractivity contribution in [1.29, 1.82) is 0 Å². The smallest absolute Gasteiger partial charge is 0.321 e. The molecule has 84 valence electrons. The second kappa shape index (κ2) is 5.84. The van der Waals surface area contributed by atoms with Gasteiger partial charge >= 0.3 is 6.72 Å². The van der Waals surface area contributed by atoms with E-state index in [9.17, 15) is 4.79 Å². The van der Waals surface area contributed by atoms with Gasteiger partial charge in [-0.25, -0.2) is 0 Å². The molecule has 0 aromatic carbocycles. The van der Waals surface area contributed by atoms with Gasteiger partial charge in [-0.1, -0.05) is 0 Å². The summed E-state index contributed by atoms with van der Waals surface area (Å²) in [4.78, 5) is 27.1. The molecule has 9 heteroatoms. The Morgan fingerprint density at radius 3 is 2.21 bits per heavy atom. The van der Waals surface area contributed by atoms with Crippen LogP contribution < -0.4 is 0 Å². The lowest BCUT2D eigenvalue weighted by Crippen LogP contribution is -2.40. The molecule has 0 amide bonds. The summed E-state index contributed by atoms with van der Waals surface area (Å²) in [6.45, 7) is -4.59. The molecule has 7 nitrogen and oxygen atoms in total. The molecule has 0 unspecified atom stereocenters. The fourth-order valence-corrected chi connectivity index (χ4v) is 1.11. The molecule has 0 aliphatic rings. The van der Waals surface area contributed by atoms with Crippen LogP contribution in [0.15, 0.2) is 0 Å². The Hall–Kier alpha value is 0.0800. The average Bonchev–Trinajstić information content (AvgIpc) is 2.10. The lowest BCUT2D eigenvalue weighted by atomic mass is 10.1. The minimum atomic E-state index is -3.91. The first-order valence-corrected chi connectivity index (χ1v) is 6.10. The highest BCUT2D eigenvalue weighted by Gasteiger charge is 2.25. The first-order valence-electron chi connectivity index (χ1n) is 3.47. The summed E-state index contributed by atoms with van der Waals surface area (Å²) in [5.41, 5.74) is 0. The number of carbonyl (C=O) groups excluding carboxylic acids is 1. The third-order valence-electron chi connectivity index (χ3n) is 1.30. The van der Waals surface area contributed by atoms with Crippen LogP contribution >= 0.6 is 6.72 Å². The molecule has 0 heterocycles. The lowest BCUT2D eigenvalue weighted by Gasteiger charge is -2.20. The largest absolute Gasteiger partial charge is 0.388 e. The van der Waals surface area contributed by atoms with E-state index in [2.05, 4.69) is 16.3 Å². The number of aldehydes is 1. The highest BCUT2D eigenvalue weighted by Crippen LogP contribution is 2.36. The standard InChI is InChI=1S/C5H11O7PS/c6-1-3(7)5(9)4(8)2-12-13(10,11)14/h1,3-5,7-9H,2H2,(H2,10,11,14)/t3-,4+,5-/m0/s1. The van der Waals surface area contributed by atoms with Crippen molar-refractivity contribution in [2.45, 2.75) is 18.3 Å². The second-order valence-corrected chi connectivity index (χ2v) is 5.14. The van der Waals surface area contributed by atoms with Crippen molar-refractivity contribution in [1.82, 2.24) is 0 Å². The van der Waals surface area contributed by atoms with Gasteiger partial charge in [-0.15, -0.1) is 0 Å². The number of hydrogen-bond donors (Lipinski definition) is 5. The zero-order chi connectivity index (χ0) is 11.4. The van der Waals surface area contributed by atoms with Crippen LogP contribution in [0.25, 0.3) is 0 Å². The van der Waals surface area contributed by atoms with Gasteiger partial charge < -0.3 is 34.4 Å². The summed E-state index contributed by atoms with van der Waals surface area (Å²) in [7, 11) is 0. The fraction of sp³-hybridized carbons (Fsp3) is 0.800. The van der Waals surface area contributed by atoms with Crippen LogP contribution in [0.5, 0.6) is 0 Å². The molecule has 0 aliphatic heterocycles. The Balaban J connectivity index is 4.02. The highest BCUT2D eigenvalue weighted by atomic mass is 32.5. The predicted molar refractivity (Wildman–Crippen MR) is 48.8 cm³/mol. The Bertz CT molecular complexity index is 228. The van der Waals surface area contributed by atoms with Gasteiger partial charge in [0.25, 0.3) is 0 Å². The van der Waals surface area contributed by atoms with Crippen molar-refractivity contribution in [3.05, 3.63) is 0 Å². The van der Waals surface area contributed by atoms with E-state index < -0.39 is 31.6 Å². The van der Waals surface area contributed by atoms with E-state index in [0.717, 1.165) is 0 Å². The molecule has 14 heavy (non-hydrogen) atoms. The number of aliphatic hydroxyl groups is 3. The topological polar surface area (TPSA) is 127 Å². The average molecular weight is 246 g/mol. The first kappa shape index (κ1) is 14.1. The van der Waals surface area contributed by atoms with Gasteiger partial charge in [-0.3, -0.25) is 0 Å². The molecular weight excluding hydrogens is 235 g/mol. The van der Waals surface area contributed by atoms with Crippen LogP contribution in [0.3, 0.4) is 0 Å². The van der Waals surface area contributed by atoms with Gasteiger partial charge in [0, 0.05) is 0 Å². The number of aliphatic hydroxyl groups excluding tert-OH is 3. The summed E-state index contributed by atoms with van der Waals surface area (Å²) < 4.78 is 4.21. The molecule has 0 spiro atoms. The normalized spacial score (nSPS) is 18.6. The summed E-state index contributed by atoms with van der Waals surface area (Å²) in [5, 5.41) is 26.8. The van der Waals surface area contributed by atoms with Crippen molar-refractivity contribution >= 4 is 24.8 Å².